The van der Waals surface area contributed by atoms with E-state index >= 15 is 0 Å². The Morgan fingerprint density at radius 1 is 1.54 bits per heavy atom. The molecule has 0 heterocycles. The third-order valence-electron chi connectivity index (χ3n) is 1.70. The van der Waals surface area contributed by atoms with E-state index in [1.807, 2.05) is 25.1 Å². The van der Waals surface area contributed by atoms with E-state index in [1.54, 1.807) is 7.11 Å². The number of hydrogen-bond acceptors (Lipinski definition) is 2. The summed E-state index contributed by atoms with van der Waals surface area (Å²) in [7, 11) is 1.61. The Hall–Kier alpha value is -1.29. The van der Waals surface area contributed by atoms with Crippen LogP contribution >= 0.6 is 12.2 Å². The minimum Gasteiger partial charge on any atom is -0.495 e. The van der Waals surface area contributed by atoms with Crippen LogP contribution in [0.5, 0.6) is 5.75 Å². The molecule has 0 saturated carbocycles. The molecule has 3 N–H and O–H groups in total. The molecule has 0 aromatic heterocycles. The van der Waals surface area contributed by atoms with Crippen LogP contribution in [0.4, 0.5) is 5.69 Å². The molecule has 3 nitrogen and oxygen atoms in total. The summed E-state index contributed by atoms with van der Waals surface area (Å²) in [6.45, 7) is 1.96. The molecule has 13 heavy (non-hydrogen) atoms. The fourth-order valence-electron chi connectivity index (χ4n) is 1.09. The summed E-state index contributed by atoms with van der Waals surface area (Å²) < 4.78 is 5.15. The van der Waals surface area contributed by atoms with Crippen LogP contribution in [-0.4, -0.2) is 12.2 Å². The largest absolute Gasteiger partial charge is 0.495 e. The standard InChI is InChI=1S/C9H12N2OS/c1-6-4-3-5-7(12-2)8(6)11-9(10)13/h3-5H,1-2H3,(H3,10,11,13). The maximum atomic E-state index is 5.38. The average molecular weight is 196 g/mol. The number of nitrogens with two attached hydrogens (primary N) is 1. The maximum absolute atomic E-state index is 5.38. The number of nitrogens with one attached hydrogen (secondary N) is 1. The molecule has 0 bridgehead atoms. The summed E-state index contributed by atoms with van der Waals surface area (Å²) in [6, 6.07) is 5.73. The zero-order valence-corrected chi connectivity index (χ0v) is 8.44. The minimum atomic E-state index is 0.243. The van der Waals surface area contributed by atoms with Gasteiger partial charge in [0.15, 0.2) is 5.11 Å². The lowest BCUT2D eigenvalue weighted by Crippen LogP contribution is -2.19. The van der Waals surface area contributed by atoms with Crippen LogP contribution in [0.15, 0.2) is 18.2 Å². The van der Waals surface area contributed by atoms with E-state index in [0.29, 0.717) is 0 Å². The maximum Gasteiger partial charge on any atom is 0.168 e. The van der Waals surface area contributed by atoms with E-state index in [1.165, 1.54) is 0 Å². The summed E-state index contributed by atoms with van der Waals surface area (Å²) in [4.78, 5) is 0. The van der Waals surface area contributed by atoms with Crippen molar-refractivity contribution < 1.29 is 4.74 Å². The number of rotatable bonds is 2. The van der Waals surface area contributed by atoms with Crippen LogP contribution < -0.4 is 15.8 Å². The van der Waals surface area contributed by atoms with Gasteiger partial charge >= 0.3 is 0 Å². The molecule has 1 aromatic carbocycles. The van der Waals surface area contributed by atoms with Crippen molar-refractivity contribution in [3.8, 4) is 5.75 Å². The molecule has 4 heteroatoms. The van der Waals surface area contributed by atoms with Crippen molar-refractivity contribution in [3.05, 3.63) is 23.8 Å². The molecular formula is C9H12N2OS. The second-order valence-electron chi connectivity index (χ2n) is 2.64. The Labute approximate surface area is 82.9 Å². The van der Waals surface area contributed by atoms with Crippen LogP contribution in [0.2, 0.25) is 0 Å². The first-order chi connectivity index (χ1) is 6.15. The first-order valence-electron chi connectivity index (χ1n) is 3.85. The van der Waals surface area contributed by atoms with Crippen LogP contribution in [0.25, 0.3) is 0 Å². The van der Waals surface area contributed by atoms with Gasteiger partial charge in [-0.3, -0.25) is 0 Å². The van der Waals surface area contributed by atoms with Crippen LogP contribution in [0, 0.1) is 6.92 Å². The van der Waals surface area contributed by atoms with Gasteiger partial charge in [-0.15, -0.1) is 0 Å². The summed E-state index contributed by atoms with van der Waals surface area (Å²) in [5, 5.41) is 3.12. The normalized spacial score (nSPS) is 9.38. The number of hydrogen-bond donors (Lipinski definition) is 2. The summed E-state index contributed by atoms with van der Waals surface area (Å²) >= 11 is 4.76. The van der Waals surface area contributed by atoms with E-state index in [-0.39, 0.29) is 5.11 Å². The van der Waals surface area contributed by atoms with Crippen molar-refractivity contribution in [2.45, 2.75) is 6.92 Å². The SMILES string of the molecule is COc1cccc(C)c1NC(N)=S. The summed E-state index contributed by atoms with van der Waals surface area (Å²) in [6.07, 6.45) is 0. The predicted octanol–water partition coefficient (Wildman–Crippen LogP) is 1.66. The minimum absolute atomic E-state index is 0.243. The van der Waals surface area contributed by atoms with Crippen LogP contribution in [-0.2, 0) is 0 Å². The van der Waals surface area contributed by atoms with Crippen LogP contribution in [0.1, 0.15) is 5.56 Å². The van der Waals surface area contributed by atoms with Gasteiger partial charge in [-0.05, 0) is 30.8 Å². The van der Waals surface area contributed by atoms with Gasteiger partial charge in [0.25, 0.3) is 0 Å². The predicted molar refractivity (Wildman–Crippen MR) is 58.1 cm³/mol. The smallest absolute Gasteiger partial charge is 0.168 e. The Bertz CT molecular complexity index is 325. The quantitative estimate of drug-likeness (QED) is 0.706. The molecular weight excluding hydrogens is 184 g/mol. The van der Waals surface area contributed by atoms with E-state index in [2.05, 4.69) is 5.32 Å². The number of benzene rings is 1. The van der Waals surface area contributed by atoms with Gasteiger partial charge in [0, 0.05) is 0 Å². The second kappa shape index (κ2) is 4.09. The Morgan fingerprint density at radius 3 is 2.77 bits per heavy atom. The first-order valence-corrected chi connectivity index (χ1v) is 4.26. The van der Waals surface area contributed by atoms with Crippen molar-refractivity contribution >= 4 is 23.0 Å². The van der Waals surface area contributed by atoms with Crippen molar-refractivity contribution in [2.75, 3.05) is 12.4 Å². The molecule has 0 atom stereocenters. The van der Waals surface area contributed by atoms with Gasteiger partial charge in [0.05, 0.1) is 12.8 Å². The van der Waals surface area contributed by atoms with Crippen molar-refractivity contribution in [3.63, 3.8) is 0 Å². The lowest BCUT2D eigenvalue weighted by atomic mass is 10.2. The topological polar surface area (TPSA) is 47.3 Å². The molecule has 0 amide bonds. The van der Waals surface area contributed by atoms with E-state index < -0.39 is 0 Å². The van der Waals surface area contributed by atoms with E-state index in [9.17, 15) is 0 Å². The van der Waals surface area contributed by atoms with E-state index in [4.69, 9.17) is 22.7 Å². The van der Waals surface area contributed by atoms with E-state index in [0.717, 1.165) is 17.0 Å². The molecule has 0 aliphatic rings. The van der Waals surface area contributed by atoms with Gasteiger partial charge in [-0.25, -0.2) is 0 Å². The molecule has 0 saturated heterocycles. The molecule has 0 aliphatic heterocycles. The number of aryl methyl sites for hydroxylation is 1. The zero-order valence-electron chi connectivity index (χ0n) is 7.63. The molecule has 0 unspecified atom stereocenters. The lowest BCUT2D eigenvalue weighted by Gasteiger charge is -2.11. The number of methoxy groups -OCH3 is 1. The Balaban J connectivity index is 3.07. The third kappa shape index (κ3) is 2.32. The average Bonchev–Trinajstić information content (AvgIpc) is 2.08. The summed E-state index contributed by atoms with van der Waals surface area (Å²) in [5.74, 6) is 0.743. The number of para-hydroxylation sites is 1. The van der Waals surface area contributed by atoms with Crippen molar-refractivity contribution in [2.24, 2.45) is 5.73 Å². The molecule has 1 rings (SSSR count). The molecule has 70 valence electrons. The van der Waals surface area contributed by atoms with Gasteiger partial charge in [0.2, 0.25) is 0 Å². The highest BCUT2D eigenvalue weighted by Crippen LogP contribution is 2.27. The van der Waals surface area contributed by atoms with Crippen molar-refractivity contribution in [1.82, 2.24) is 0 Å². The third-order valence-corrected chi connectivity index (χ3v) is 1.80. The van der Waals surface area contributed by atoms with Gasteiger partial charge in [-0.2, -0.15) is 0 Å². The Kier molecular flexibility index (Phi) is 3.08. The van der Waals surface area contributed by atoms with Crippen molar-refractivity contribution in [1.29, 1.82) is 0 Å². The van der Waals surface area contributed by atoms with Crippen LogP contribution in [0.3, 0.4) is 0 Å². The highest BCUT2D eigenvalue weighted by atomic mass is 32.1. The lowest BCUT2D eigenvalue weighted by molar-refractivity contribution is 0.416. The first kappa shape index (κ1) is 9.80. The molecule has 0 aliphatic carbocycles. The highest BCUT2D eigenvalue weighted by molar-refractivity contribution is 7.80. The van der Waals surface area contributed by atoms with Gasteiger partial charge < -0.3 is 15.8 Å². The molecule has 0 spiro atoms. The summed E-state index contributed by atoms with van der Waals surface area (Å²) in [5.41, 5.74) is 7.26. The number of anilines is 1. The zero-order chi connectivity index (χ0) is 9.84. The van der Waals surface area contributed by atoms with Gasteiger partial charge in [-0.1, -0.05) is 12.1 Å². The monoisotopic (exact) mass is 196 g/mol. The number of ether oxygens (including phenoxy) is 1. The fourth-order valence-corrected chi connectivity index (χ4v) is 1.20. The van der Waals surface area contributed by atoms with Gasteiger partial charge in [0.1, 0.15) is 5.75 Å². The molecule has 0 fully saturated rings. The Morgan fingerprint density at radius 2 is 2.23 bits per heavy atom. The molecule has 0 radical (unpaired) electrons. The fraction of sp³-hybridized carbons (Fsp3) is 0.222. The second-order valence-corrected chi connectivity index (χ2v) is 3.08. The molecule has 1 aromatic rings. The highest BCUT2D eigenvalue weighted by Gasteiger charge is 2.05. The number of thiocarbonyl (C=S) groups is 1.